The second kappa shape index (κ2) is 7.27. The van der Waals surface area contributed by atoms with E-state index in [9.17, 15) is 9.59 Å². The molecule has 0 spiro atoms. The Labute approximate surface area is 107 Å². The highest BCUT2D eigenvalue weighted by Gasteiger charge is 2.01. The monoisotopic (exact) mass is 246 g/mol. The Kier molecular flexibility index (Phi) is 5.64. The van der Waals surface area contributed by atoms with Gasteiger partial charge >= 0.3 is 0 Å². The lowest BCUT2D eigenvalue weighted by atomic mass is 10.1. The number of carbonyl (C=O) groups is 2. The summed E-state index contributed by atoms with van der Waals surface area (Å²) in [7, 11) is 0. The summed E-state index contributed by atoms with van der Waals surface area (Å²) in [5, 5.41) is 5.81. The Balaban J connectivity index is 2.39. The maximum absolute atomic E-state index is 11.3. The van der Waals surface area contributed by atoms with E-state index in [1.54, 1.807) is 18.2 Å². The Morgan fingerprint density at radius 1 is 1.39 bits per heavy atom. The minimum absolute atomic E-state index is 0.0230. The van der Waals surface area contributed by atoms with Crippen LogP contribution in [0.1, 0.15) is 23.7 Å². The molecule has 0 bridgehead atoms. The molecule has 0 radical (unpaired) electrons. The zero-order chi connectivity index (χ0) is 13.4. The lowest BCUT2D eigenvalue weighted by Gasteiger charge is -2.07. The zero-order valence-corrected chi connectivity index (χ0v) is 10.5. The molecule has 0 atom stereocenters. The molecule has 0 saturated heterocycles. The number of hydrogen-bond acceptors (Lipinski definition) is 3. The first-order chi connectivity index (χ1) is 8.63. The van der Waals surface area contributed by atoms with Crippen molar-refractivity contribution in [1.29, 1.82) is 0 Å². The van der Waals surface area contributed by atoms with Crippen LogP contribution in [0.2, 0.25) is 0 Å². The summed E-state index contributed by atoms with van der Waals surface area (Å²) in [6, 6.07) is 7.24. The molecule has 0 aliphatic rings. The van der Waals surface area contributed by atoms with Gasteiger partial charge in [0.25, 0.3) is 0 Å². The smallest absolute Gasteiger partial charge is 0.222 e. The van der Waals surface area contributed by atoms with Crippen LogP contribution in [-0.2, 0) is 4.79 Å². The van der Waals surface area contributed by atoms with E-state index < -0.39 is 0 Å². The van der Waals surface area contributed by atoms with Crippen molar-refractivity contribution >= 4 is 17.4 Å². The van der Waals surface area contributed by atoms with E-state index in [4.69, 9.17) is 0 Å². The molecule has 96 valence electrons. The summed E-state index contributed by atoms with van der Waals surface area (Å²) in [5.41, 5.74) is 1.51. The van der Waals surface area contributed by atoms with Crippen LogP contribution in [-0.4, -0.2) is 24.8 Å². The second-order valence-corrected chi connectivity index (χ2v) is 3.91. The van der Waals surface area contributed by atoms with Crippen molar-refractivity contribution in [3.8, 4) is 0 Å². The number of Topliss-reactive ketones (excluding diaryl/α,β-unsaturated/α-hetero) is 1. The highest BCUT2D eigenvalue weighted by atomic mass is 16.1. The lowest BCUT2D eigenvalue weighted by molar-refractivity contribution is -0.120. The molecule has 4 nitrogen and oxygen atoms in total. The van der Waals surface area contributed by atoms with Crippen LogP contribution in [0.15, 0.2) is 36.9 Å². The van der Waals surface area contributed by atoms with E-state index in [1.807, 2.05) is 12.1 Å². The summed E-state index contributed by atoms with van der Waals surface area (Å²) < 4.78 is 0. The molecule has 1 amide bonds. The van der Waals surface area contributed by atoms with Crippen LogP contribution in [0.5, 0.6) is 0 Å². The van der Waals surface area contributed by atoms with Gasteiger partial charge < -0.3 is 10.6 Å². The first-order valence-corrected chi connectivity index (χ1v) is 5.86. The maximum Gasteiger partial charge on any atom is 0.222 e. The fourth-order valence-corrected chi connectivity index (χ4v) is 1.44. The third-order valence-electron chi connectivity index (χ3n) is 2.39. The van der Waals surface area contributed by atoms with Gasteiger partial charge in [0.2, 0.25) is 5.91 Å². The third-order valence-corrected chi connectivity index (χ3v) is 2.39. The van der Waals surface area contributed by atoms with E-state index in [0.29, 0.717) is 25.1 Å². The van der Waals surface area contributed by atoms with Crippen molar-refractivity contribution in [2.45, 2.75) is 13.3 Å². The standard InChI is InChI=1S/C14H18N2O2/c1-3-8-16-14(18)7-9-15-13-6-4-5-12(10-13)11(2)17/h3-6,10,15H,1,7-9H2,2H3,(H,16,18). The number of benzene rings is 1. The van der Waals surface area contributed by atoms with Crippen LogP contribution >= 0.6 is 0 Å². The van der Waals surface area contributed by atoms with Crippen molar-refractivity contribution in [2.24, 2.45) is 0 Å². The molecule has 0 fully saturated rings. The van der Waals surface area contributed by atoms with E-state index in [2.05, 4.69) is 17.2 Å². The highest BCUT2D eigenvalue weighted by molar-refractivity contribution is 5.94. The van der Waals surface area contributed by atoms with Crippen molar-refractivity contribution in [2.75, 3.05) is 18.4 Å². The molecule has 0 aliphatic carbocycles. The van der Waals surface area contributed by atoms with E-state index in [1.165, 1.54) is 6.92 Å². The Bertz CT molecular complexity index is 441. The molecular formula is C14H18N2O2. The number of carbonyl (C=O) groups excluding carboxylic acids is 2. The van der Waals surface area contributed by atoms with Gasteiger partial charge in [0.1, 0.15) is 0 Å². The van der Waals surface area contributed by atoms with Crippen molar-refractivity contribution in [1.82, 2.24) is 5.32 Å². The second-order valence-electron chi connectivity index (χ2n) is 3.91. The third kappa shape index (κ3) is 4.82. The van der Waals surface area contributed by atoms with Crippen LogP contribution in [0.4, 0.5) is 5.69 Å². The molecular weight excluding hydrogens is 228 g/mol. The van der Waals surface area contributed by atoms with Crippen molar-refractivity contribution in [3.63, 3.8) is 0 Å². The van der Waals surface area contributed by atoms with E-state index >= 15 is 0 Å². The minimum Gasteiger partial charge on any atom is -0.385 e. The number of anilines is 1. The first-order valence-electron chi connectivity index (χ1n) is 5.86. The summed E-state index contributed by atoms with van der Waals surface area (Å²) >= 11 is 0. The average Bonchev–Trinajstić information content (AvgIpc) is 2.36. The van der Waals surface area contributed by atoms with Crippen LogP contribution in [0.25, 0.3) is 0 Å². The summed E-state index contributed by atoms with van der Waals surface area (Å²) in [4.78, 5) is 22.5. The SMILES string of the molecule is C=CCNC(=O)CCNc1cccc(C(C)=O)c1. The van der Waals surface area contributed by atoms with Crippen LogP contribution in [0, 0.1) is 0 Å². The number of amides is 1. The molecule has 0 aromatic heterocycles. The highest BCUT2D eigenvalue weighted by Crippen LogP contribution is 2.10. The van der Waals surface area contributed by atoms with Gasteiger partial charge in [0, 0.05) is 30.8 Å². The number of ketones is 1. The molecule has 1 aromatic rings. The predicted molar refractivity (Wildman–Crippen MR) is 72.8 cm³/mol. The fraction of sp³-hybridized carbons (Fsp3) is 0.286. The molecule has 0 unspecified atom stereocenters. The minimum atomic E-state index is -0.0230. The largest absolute Gasteiger partial charge is 0.385 e. The number of nitrogens with one attached hydrogen (secondary N) is 2. The molecule has 4 heteroatoms. The maximum atomic E-state index is 11.3. The van der Waals surface area contributed by atoms with E-state index in [-0.39, 0.29) is 11.7 Å². The predicted octanol–water partition coefficient (Wildman–Crippen LogP) is 1.99. The molecule has 1 aromatic carbocycles. The fourth-order valence-electron chi connectivity index (χ4n) is 1.44. The lowest BCUT2D eigenvalue weighted by Crippen LogP contribution is -2.25. The molecule has 0 heterocycles. The van der Waals surface area contributed by atoms with Gasteiger partial charge in [0.15, 0.2) is 5.78 Å². The van der Waals surface area contributed by atoms with E-state index in [0.717, 1.165) is 5.69 Å². The molecule has 18 heavy (non-hydrogen) atoms. The summed E-state index contributed by atoms with van der Waals surface area (Å²) in [5.74, 6) is 0.00694. The topological polar surface area (TPSA) is 58.2 Å². The Hall–Kier alpha value is -2.10. The normalized spacial score (nSPS) is 9.61. The van der Waals surface area contributed by atoms with Gasteiger partial charge in [-0.3, -0.25) is 9.59 Å². The van der Waals surface area contributed by atoms with Gasteiger partial charge in [-0.1, -0.05) is 18.2 Å². The number of hydrogen-bond donors (Lipinski definition) is 2. The molecule has 2 N–H and O–H groups in total. The van der Waals surface area contributed by atoms with Crippen molar-refractivity contribution < 1.29 is 9.59 Å². The molecule has 0 saturated carbocycles. The first kappa shape index (κ1) is 14.0. The van der Waals surface area contributed by atoms with Crippen LogP contribution < -0.4 is 10.6 Å². The molecule has 0 aliphatic heterocycles. The van der Waals surface area contributed by atoms with Crippen molar-refractivity contribution in [3.05, 3.63) is 42.5 Å². The Morgan fingerprint density at radius 2 is 2.17 bits per heavy atom. The summed E-state index contributed by atoms with van der Waals surface area (Å²) in [6.07, 6.45) is 2.03. The van der Waals surface area contributed by atoms with Crippen LogP contribution in [0.3, 0.4) is 0 Å². The summed E-state index contributed by atoms with van der Waals surface area (Å²) in [6.45, 7) is 6.07. The van der Waals surface area contributed by atoms with Gasteiger partial charge in [-0.25, -0.2) is 0 Å². The van der Waals surface area contributed by atoms with Gasteiger partial charge in [-0.2, -0.15) is 0 Å². The Morgan fingerprint density at radius 3 is 2.83 bits per heavy atom. The van der Waals surface area contributed by atoms with Gasteiger partial charge in [-0.05, 0) is 19.1 Å². The quantitative estimate of drug-likeness (QED) is 0.571. The number of rotatable bonds is 7. The molecule has 1 rings (SSSR count). The van der Waals surface area contributed by atoms with Gasteiger partial charge in [0.05, 0.1) is 0 Å². The van der Waals surface area contributed by atoms with Gasteiger partial charge in [-0.15, -0.1) is 6.58 Å². The zero-order valence-electron chi connectivity index (χ0n) is 10.5. The average molecular weight is 246 g/mol.